The second kappa shape index (κ2) is 6.33. The number of hydrogen-bond donors (Lipinski definition) is 4. The smallest absolute Gasteiger partial charge is 0.226 e. The van der Waals surface area contributed by atoms with Crippen LogP contribution in [0.25, 0.3) is 11.2 Å². The normalized spacial score (nSPS) is 32.6. The molecule has 1 saturated carbocycles. The molecule has 2 aliphatic rings. The van der Waals surface area contributed by atoms with E-state index in [0.29, 0.717) is 30.0 Å². The molecular weight excluding hydrogens is 350 g/mol. The second-order valence-corrected chi connectivity index (χ2v) is 6.87. The summed E-state index contributed by atoms with van der Waals surface area (Å²) in [7, 11) is 0. The van der Waals surface area contributed by atoms with Gasteiger partial charge in [-0.25, -0.2) is 4.98 Å². The second-order valence-electron chi connectivity index (χ2n) is 6.53. The van der Waals surface area contributed by atoms with Gasteiger partial charge in [0.25, 0.3) is 0 Å². The summed E-state index contributed by atoms with van der Waals surface area (Å²) in [6.07, 6.45) is 3.01. The summed E-state index contributed by atoms with van der Waals surface area (Å²) < 4.78 is 7.15. The Morgan fingerprint density at radius 1 is 1.32 bits per heavy atom. The molecule has 9 nitrogen and oxygen atoms in total. The lowest BCUT2D eigenvalue weighted by Gasteiger charge is -2.31. The number of fused-ring (bicyclic) bond motifs is 1. The number of aliphatic hydroxyl groups excluding tert-OH is 3. The molecular formula is C15H20ClN5O4. The minimum absolute atomic E-state index is 0.00446. The molecule has 1 aliphatic carbocycles. The number of hydrogen-bond acceptors (Lipinski definition) is 8. The molecule has 0 bridgehead atoms. The van der Waals surface area contributed by atoms with E-state index < -0.39 is 24.5 Å². The van der Waals surface area contributed by atoms with Crippen LogP contribution in [0.2, 0.25) is 5.28 Å². The number of imidazole rings is 1. The largest absolute Gasteiger partial charge is 0.391 e. The van der Waals surface area contributed by atoms with Crippen molar-refractivity contribution < 1.29 is 20.1 Å². The maximum Gasteiger partial charge on any atom is 0.226 e. The summed E-state index contributed by atoms with van der Waals surface area (Å²) in [6, 6.07) is -0.126. The Kier molecular flexibility index (Phi) is 4.28. The molecule has 1 saturated heterocycles. The van der Waals surface area contributed by atoms with Gasteiger partial charge in [0.1, 0.15) is 6.10 Å². The first-order chi connectivity index (χ1) is 12.0. The number of halogens is 1. The molecule has 2 fully saturated rings. The van der Waals surface area contributed by atoms with E-state index in [1.807, 2.05) is 0 Å². The first kappa shape index (κ1) is 16.9. The van der Waals surface area contributed by atoms with Gasteiger partial charge in [-0.3, -0.25) is 4.57 Å². The van der Waals surface area contributed by atoms with Crippen LogP contribution >= 0.6 is 11.6 Å². The minimum atomic E-state index is -1.34. The quantitative estimate of drug-likeness (QED) is 0.564. The van der Waals surface area contributed by atoms with Crippen molar-refractivity contribution in [3.8, 4) is 0 Å². The van der Waals surface area contributed by atoms with Gasteiger partial charge in [0.15, 0.2) is 22.7 Å². The maximum atomic E-state index is 10.3. The van der Waals surface area contributed by atoms with Crippen LogP contribution in [-0.4, -0.2) is 66.3 Å². The van der Waals surface area contributed by atoms with E-state index in [9.17, 15) is 15.3 Å². The van der Waals surface area contributed by atoms with E-state index >= 15 is 0 Å². The zero-order valence-corrected chi connectivity index (χ0v) is 14.2. The summed E-state index contributed by atoms with van der Waals surface area (Å²) in [5.74, 6) is 0.417. The van der Waals surface area contributed by atoms with Crippen molar-refractivity contribution in [3.05, 3.63) is 11.6 Å². The third-order valence-corrected chi connectivity index (χ3v) is 5.24. The van der Waals surface area contributed by atoms with Gasteiger partial charge in [-0.05, 0) is 30.9 Å². The molecule has 0 amide bonds. The molecule has 4 N–H and O–H groups in total. The Labute approximate surface area is 148 Å². The molecule has 1 aliphatic heterocycles. The standard InChI is InChI=1S/C15H20ClN5O4/c16-14-19-12(18-8-2-1-3-9(8)23)11-13(20-14)21(7-17-11)15(6-22)10(24)4-5-25-15/h7-10,22-24H,1-6H2,(H,18,19,20)/t8-,9?,10-,15-/m1/s1. The Bertz CT molecular complexity index is 787. The van der Waals surface area contributed by atoms with Crippen LogP contribution in [-0.2, 0) is 10.5 Å². The molecule has 4 atom stereocenters. The highest BCUT2D eigenvalue weighted by atomic mass is 35.5. The molecule has 3 heterocycles. The Balaban J connectivity index is 1.79. The monoisotopic (exact) mass is 369 g/mol. The van der Waals surface area contributed by atoms with Gasteiger partial charge >= 0.3 is 0 Å². The van der Waals surface area contributed by atoms with Crippen molar-refractivity contribution in [1.29, 1.82) is 0 Å². The SMILES string of the molecule is OC[C@@]1(n2cnc3c(N[C@@H]4CCCC4O)nc(Cl)nc32)OCC[C@H]1O. The molecule has 4 rings (SSSR count). The van der Waals surface area contributed by atoms with Gasteiger partial charge in [0.2, 0.25) is 5.28 Å². The summed E-state index contributed by atoms with van der Waals surface area (Å²) in [6.45, 7) is -0.106. The van der Waals surface area contributed by atoms with Crippen molar-refractivity contribution in [1.82, 2.24) is 19.5 Å². The molecule has 1 unspecified atom stereocenters. The minimum Gasteiger partial charge on any atom is -0.391 e. The number of nitrogens with zero attached hydrogens (tertiary/aromatic N) is 4. The maximum absolute atomic E-state index is 10.3. The number of nitrogens with one attached hydrogen (secondary N) is 1. The van der Waals surface area contributed by atoms with E-state index in [1.165, 1.54) is 10.9 Å². The van der Waals surface area contributed by atoms with E-state index in [0.717, 1.165) is 19.3 Å². The predicted octanol–water partition coefficient (Wildman–Crippen LogP) is 0.231. The number of anilines is 1. The van der Waals surface area contributed by atoms with Crippen LogP contribution in [0.15, 0.2) is 6.33 Å². The lowest BCUT2D eigenvalue weighted by atomic mass is 10.1. The molecule has 25 heavy (non-hydrogen) atoms. The van der Waals surface area contributed by atoms with Gasteiger partial charge in [-0.1, -0.05) is 0 Å². The van der Waals surface area contributed by atoms with E-state index in [4.69, 9.17) is 16.3 Å². The van der Waals surface area contributed by atoms with Crippen molar-refractivity contribution in [3.63, 3.8) is 0 Å². The number of aliphatic hydroxyl groups is 3. The van der Waals surface area contributed by atoms with Crippen LogP contribution in [0.3, 0.4) is 0 Å². The Hall–Kier alpha value is -1.52. The lowest BCUT2D eigenvalue weighted by Crippen LogP contribution is -2.45. The van der Waals surface area contributed by atoms with Crippen molar-refractivity contribution >= 4 is 28.6 Å². The Morgan fingerprint density at radius 2 is 2.16 bits per heavy atom. The summed E-state index contributed by atoms with van der Waals surface area (Å²) >= 11 is 6.07. The fourth-order valence-electron chi connectivity index (χ4n) is 3.66. The zero-order valence-electron chi connectivity index (χ0n) is 13.5. The van der Waals surface area contributed by atoms with Crippen LogP contribution < -0.4 is 5.32 Å². The van der Waals surface area contributed by atoms with Crippen molar-refractivity contribution in [2.75, 3.05) is 18.5 Å². The molecule has 0 aromatic carbocycles. The summed E-state index contributed by atoms with van der Waals surface area (Å²) in [5.41, 5.74) is -0.541. The highest BCUT2D eigenvalue weighted by Crippen LogP contribution is 2.35. The Morgan fingerprint density at radius 3 is 2.80 bits per heavy atom. The lowest BCUT2D eigenvalue weighted by molar-refractivity contribution is -0.146. The van der Waals surface area contributed by atoms with E-state index in [1.54, 1.807) is 0 Å². The van der Waals surface area contributed by atoms with E-state index in [-0.39, 0.29) is 11.3 Å². The van der Waals surface area contributed by atoms with Crippen LogP contribution in [0.4, 0.5) is 5.82 Å². The van der Waals surface area contributed by atoms with Crippen molar-refractivity contribution in [2.24, 2.45) is 0 Å². The molecule has 0 radical (unpaired) electrons. The topological polar surface area (TPSA) is 126 Å². The third-order valence-electron chi connectivity index (χ3n) is 5.07. The summed E-state index contributed by atoms with van der Waals surface area (Å²) in [5, 5.41) is 33.4. The molecule has 2 aromatic rings. The van der Waals surface area contributed by atoms with Gasteiger partial charge in [0, 0.05) is 6.42 Å². The first-order valence-electron chi connectivity index (χ1n) is 8.34. The average molecular weight is 370 g/mol. The van der Waals surface area contributed by atoms with Gasteiger partial charge < -0.3 is 25.4 Å². The molecule has 136 valence electrons. The molecule has 0 spiro atoms. The van der Waals surface area contributed by atoms with Crippen molar-refractivity contribution in [2.45, 2.75) is 49.7 Å². The van der Waals surface area contributed by atoms with Crippen LogP contribution in [0, 0.1) is 0 Å². The zero-order chi connectivity index (χ0) is 17.6. The highest BCUT2D eigenvalue weighted by molar-refractivity contribution is 6.28. The number of ether oxygens (including phenoxy) is 1. The van der Waals surface area contributed by atoms with Gasteiger partial charge in [-0.15, -0.1) is 0 Å². The number of rotatable bonds is 4. The fourth-order valence-corrected chi connectivity index (χ4v) is 3.83. The predicted molar refractivity (Wildman–Crippen MR) is 89.2 cm³/mol. The first-order valence-corrected chi connectivity index (χ1v) is 8.71. The molecule has 10 heteroatoms. The van der Waals surface area contributed by atoms with Gasteiger partial charge in [0.05, 0.1) is 31.7 Å². The summed E-state index contributed by atoms with van der Waals surface area (Å²) in [4.78, 5) is 12.7. The molecule has 2 aromatic heterocycles. The highest BCUT2D eigenvalue weighted by Gasteiger charge is 2.46. The average Bonchev–Trinajstić information content (AvgIpc) is 3.27. The third kappa shape index (κ3) is 2.67. The fraction of sp³-hybridized carbons (Fsp3) is 0.667. The number of aromatic nitrogens is 4. The van der Waals surface area contributed by atoms with E-state index in [2.05, 4.69) is 20.3 Å². The van der Waals surface area contributed by atoms with Crippen LogP contribution in [0.1, 0.15) is 25.7 Å². The van der Waals surface area contributed by atoms with Crippen LogP contribution in [0.5, 0.6) is 0 Å². The van der Waals surface area contributed by atoms with Gasteiger partial charge in [-0.2, -0.15) is 9.97 Å².